The molecular weight excluding hydrogens is 506 g/mol. The van der Waals surface area contributed by atoms with Gasteiger partial charge in [0.1, 0.15) is 41.4 Å². The molecule has 1 N–H and O–H groups in total. The van der Waals surface area contributed by atoms with Crippen LogP contribution in [-0.4, -0.2) is 56.1 Å². The third kappa shape index (κ3) is 8.15. The SMILES string of the molecule is CC[N+](C)(CC)CCCOc1c(-c2ccc(OCC=C(C)C)cc2)oc2cc(OCC=C(C)C)cc(O)c2c1=O. The van der Waals surface area contributed by atoms with E-state index in [-0.39, 0.29) is 22.5 Å². The molecular formula is C33H44NO6+. The second kappa shape index (κ2) is 14.1. The average molecular weight is 551 g/mol. The smallest absolute Gasteiger partial charge is 0.239 e. The third-order valence-corrected chi connectivity index (χ3v) is 7.12. The van der Waals surface area contributed by atoms with E-state index in [0.717, 1.165) is 36.1 Å². The quantitative estimate of drug-likeness (QED) is 0.131. The highest BCUT2D eigenvalue weighted by atomic mass is 16.5. The first kappa shape index (κ1) is 30.8. The van der Waals surface area contributed by atoms with Crippen molar-refractivity contribution in [3.8, 4) is 34.3 Å². The van der Waals surface area contributed by atoms with Gasteiger partial charge in [0.25, 0.3) is 0 Å². The monoisotopic (exact) mass is 550 g/mol. The molecule has 0 saturated heterocycles. The zero-order valence-corrected chi connectivity index (χ0v) is 25.0. The van der Waals surface area contributed by atoms with Crippen LogP contribution >= 0.6 is 0 Å². The Balaban J connectivity index is 2.00. The van der Waals surface area contributed by atoms with Gasteiger partial charge in [-0.2, -0.15) is 0 Å². The zero-order valence-electron chi connectivity index (χ0n) is 25.0. The van der Waals surface area contributed by atoms with E-state index in [1.54, 1.807) is 6.07 Å². The first-order valence-electron chi connectivity index (χ1n) is 14.0. The summed E-state index contributed by atoms with van der Waals surface area (Å²) < 4.78 is 24.9. The lowest BCUT2D eigenvalue weighted by Crippen LogP contribution is -2.44. The summed E-state index contributed by atoms with van der Waals surface area (Å²) >= 11 is 0. The molecule has 0 unspecified atom stereocenters. The summed E-state index contributed by atoms with van der Waals surface area (Å²) in [4.78, 5) is 13.7. The minimum absolute atomic E-state index is 0.0673. The van der Waals surface area contributed by atoms with Gasteiger partial charge in [0.15, 0.2) is 5.76 Å². The van der Waals surface area contributed by atoms with Crippen LogP contribution in [0.3, 0.4) is 0 Å². The number of phenolic OH excluding ortho intramolecular Hbond substituents is 1. The molecule has 0 saturated carbocycles. The summed E-state index contributed by atoms with van der Waals surface area (Å²) in [5.74, 6) is 1.29. The lowest BCUT2D eigenvalue weighted by Gasteiger charge is -2.32. The highest BCUT2D eigenvalue weighted by Gasteiger charge is 2.22. The maximum Gasteiger partial charge on any atom is 0.239 e. The fraction of sp³-hybridized carbons (Fsp3) is 0.424. The Labute approximate surface area is 237 Å². The largest absolute Gasteiger partial charge is 0.507 e. The molecule has 3 rings (SSSR count). The van der Waals surface area contributed by atoms with E-state index in [4.69, 9.17) is 18.6 Å². The number of aromatic hydroxyl groups is 1. The number of benzene rings is 2. The van der Waals surface area contributed by atoms with Crippen LogP contribution < -0.4 is 19.6 Å². The predicted molar refractivity (Wildman–Crippen MR) is 162 cm³/mol. The number of allylic oxidation sites excluding steroid dienone is 2. The van der Waals surface area contributed by atoms with E-state index in [0.29, 0.717) is 42.6 Å². The molecule has 0 bridgehead atoms. The minimum atomic E-state index is -0.420. The van der Waals surface area contributed by atoms with Gasteiger partial charge < -0.3 is 28.2 Å². The molecule has 1 aromatic heterocycles. The lowest BCUT2D eigenvalue weighted by atomic mass is 10.1. The van der Waals surface area contributed by atoms with Crippen LogP contribution in [0.15, 0.2) is 68.9 Å². The summed E-state index contributed by atoms with van der Waals surface area (Å²) in [5.41, 5.74) is 2.77. The van der Waals surface area contributed by atoms with Crippen molar-refractivity contribution in [2.75, 3.05) is 46.5 Å². The molecule has 0 atom stereocenters. The minimum Gasteiger partial charge on any atom is -0.507 e. The number of hydrogen-bond donors (Lipinski definition) is 1. The molecule has 216 valence electrons. The highest BCUT2D eigenvalue weighted by molar-refractivity contribution is 5.88. The van der Waals surface area contributed by atoms with Gasteiger partial charge in [-0.15, -0.1) is 0 Å². The molecule has 0 aliphatic carbocycles. The van der Waals surface area contributed by atoms with Gasteiger partial charge >= 0.3 is 0 Å². The Kier molecular flexibility index (Phi) is 10.8. The Morgan fingerprint density at radius 3 is 2.08 bits per heavy atom. The highest BCUT2D eigenvalue weighted by Crippen LogP contribution is 2.36. The second-order valence-corrected chi connectivity index (χ2v) is 10.8. The molecule has 0 spiro atoms. The fourth-order valence-corrected chi connectivity index (χ4v) is 4.13. The summed E-state index contributed by atoms with van der Waals surface area (Å²) in [6.07, 6.45) is 4.71. The number of fused-ring (bicyclic) bond motifs is 1. The van der Waals surface area contributed by atoms with Gasteiger partial charge in [0.2, 0.25) is 11.2 Å². The summed E-state index contributed by atoms with van der Waals surface area (Å²) in [6.45, 7) is 16.5. The van der Waals surface area contributed by atoms with Crippen molar-refractivity contribution in [3.63, 3.8) is 0 Å². The van der Waals surface area contributed by atoms with E-state index in [1.807, 2.05) is 64.1 Å². The molecule has 0 radical (unpaired) electrons. The van der Waals surface area contributed by atoms with Crippen molar-refractivity contribution in [1.82, 2.24) is 0 Å². The molecule has 2 aromatic carbocycles. The average Bonchev–Trinajstić information content (AvgIpc) is 2.91. The number of nitrogens with zero attached hydrogens (tertiary/aromatic N) is 1. The Morgan fingerprint density at radius 1 is 0.900 bits per heavy atom. The Morgan fingerprint density at radius 2 is 1.50 bits per heavy atom. The van der Waals surface area contributed by atoms with E-state index in [9.17, 15) is 9.90 Å². The van der Waals surface area contributed by atoms with Crippen LogP contribution in [0.5, 0.6) is 23.0 Å². The number of quaternary nitrogens is 1. The number of hydrogen-bond acceptors (Lipinski definition) is 6. The maximum atomic E-state index is 13.7. The maximum absolute atomic E-state index is 13.7. The van der Waals surface area contributed by atoms with E-state index in [1.165, 1.54) is 11.6 Å². The van der Waals surface area contributed by atoms with Gasteiger partial charge in [0, 0.05) is 24.1 Å². The van der Waals surface area contributed by atoms with Crippen LogP contribution in [-0.2, 0) is 0 Å². The van der Waals surface area contributed by atoms with Gasteiger partial charge in [-0.1, -0.05) is 11.1 Å². The molecule has 1 heterocycles. The van der Waals surface area contributed by atoms with Gasteiger partial charge in [0.05, 0.1) is 33.3 Å². The number of ether oxygens (including phenoxy) is 3. The van der Waals surface area contributed by atoms with Crippen molar-refractivity contribution in [1.29, 1.82) is 0 Å². The summed E-state index contributed by atoms with van der Waals surface area (Å²) in [5, 5.41) is 10.9. The standard InChI is InChI=1S/C33H43NO6/c1-8-34(7,9-2)17-10-18-39-33-31(36)30-28(35)21-27(38-20-16-24(5)6)22-29(30)40-32(33)25-11-13-26(14-12-25)37-19-15-23(3)4/h11-16,21-22H,8-10,17-20H2,1-7H3/p+1. The predicted octanol–water partition coefficient (Wildman–Crippen LogP) is 7.11. The van der Waals surface area contributed by atoms with Crippen molar-refractivity contribution in [2.45, 2.75) is 48.0 Å². The molecule has 0 fully saturated rings. The van der Waals surface area contributed by atoms with E-state index >= 15 is 0 Å². The first-order chi connectivity index (χ1) is 19.1. The summed E-state index contributed by atoms with van der Waals surface area (Å²) in [7, 11) is 2.21. The van der Waals surface area contributed by atoms with Crippen LogP contribution in [0, 0.1) is 0 Å². The van der Waals surface area contributed by atoms with Crippen molar-refractivity contribution < 1.29 is 28.2 Å². The van der Waals surface area contributed by atoms with Gasteiger partial charge in [-0.05, 0) is 78.0 Å². The van der Waals surface area contributed by atoms with Crippen molar-refractivity contribution >= 4 is 11.0 Å². The second-order valence-electron chi connectivity index (χ2n) is 10.8. The topological polar surface area (TPSA) is 78.1 Å². The molecule has 7 heteroatoms. The van der Waals surface area contributed by atoms with Gasteiger partial charge in [-0.25, -0.2) is 0 Å². The van der Waals surface area contributed by atoms with Crippen LogP contribution in [0.1, 0.15) is 48.0 Å². The fourth-order valence-electron chi connectivity index (χ4n) is 4.13. The third-order valence-electron chi connectivity index (χ3n) is 7.12. The number of phenols is 1. The van der Waals surface area contributed by atoms with E-state index < -0.39 is 5.43 Å². The van der Waals surface area contributed by atoms with Crippen molar-refractivity contribution in [2.24, 2.45) is 0 Å². The lowest BCUT2D eigenvalue weighted by molar-refractivity contribution is -0.906. The van der Waals surface area contributed by atoms with Crippen LogP contribution in [0.2, 0.25) is 0 Å². The summed E-state index contributed by atoms with van der Waals surface area (Å²) in [6, 6.07) is 10.4. The molecule has 0 aliphatic rings. The Bertz CT molecular complexity index is 1390. The van der Waals surface area contributed by atoms with Crippen LogP contribution in [0.4, 0.5) is 0 Å². The molecule has 0 aliphatic heterocycles. The van der Waals surface area contributed by atoms with E-state index in [2.05, 4.69) is 20.9 Å². The van der Waals surface area contributed by atoms with Crippen molar-refractivity contribution in [3.05, 3.63) is 69.9 Å². The number of rotatable bonds is 14. The Hall–Kier alpha value is -3.71. The molecule has 40 heavy (non-hydrogen) atoms. The van der Waals surface area contributed by atoms with Gasteiger partial charge in [-0.3, -0.25) is 4.79 Å². The first-order valence-corrected chi connectivity index (χ1v) is 14.0. The molecule has 3 aromatic rings. The zero-order chi connectivity index (χ0) is 29.3. The normalized spacial score (nSPS) is 11.3. The molecule has 0 amide bonds. The van der Waals surface area contributed by atoms with Crippen LogP contribution in [0.25, 0.3) is 22.3 Å². The molecule has 7 nitrogen and oxygen atoms in total.